The molecule has 0 unspecified atom stereocenters. The van der Waals surface area contributed by atoms with Gasteiger partial charge in [0.1, 0.15) is 11.6 Å². The van der Waals surface area contributed by atoms with Crippen molar-refractivity contribution in [3.63, 3.8) is 0 Å². The van der Waals surface area contributed by atoms with Gasteiger partial charge in [0.15, 0.2) is 0 Å². The van der Waals surface area contributed by atoms with Crippen LogP contribution < -0.4 is 5.32 Å². The normalized spacial score (nSPS) is 17.9. The maximum Gasteiger partial charge on any atom is 0.123 e. The van der Waals surface area contributed by atoms with Crippen LogP contribution in [0.25, 0.3) is 11.1 Å². The van der Waals surface area contributed by atoms with Crippen LogP contribution in [-0.4, -0.2) is 19.2 Å². The standard InChI is InChI=1S/C18H19F2NO/c1-12-8-14(19)2-4-17(12)18-5-3-15(20)9-13(18)11-22-16-6-7-21-10-16/h2-5,8-9,16,21H,6-7,10-11H2,1H3/t16-/m0/s1. The molecule has 1 aliphatic rings. The highest BCUT2D eigenvalue weighted by Gasteiger charge is 2.16. The van der Waals surface area contributed by atoms with Crippen LogP contribution in [0.1, 0.15) is 17.5 Å². The Morgan fingerprint density at radius 3 is 2.50 bits per heavy atom. The average Bonchev–Trinajstić information content (AvgIpc) is 2.99. The molecule has 0 radical (unpaired) electrons. The number of aryl methyl sites for hydroxylation is 1. The lowest BCUT2D eigenvalue weighted by molar-refractivity contribution is 0.0543. The molecule has 3 rings (SSSR count). The van der Waals surface area contributed by atoms with Crippen molar-refractivity contribution in [1.29, 1.82) is 0 Å². The first-order valence-corrected chi connectivity index (χ1v) is 7.51. The van der Waals surface area contributed by atoms with Gasteiger partial charge in [0.25, 0.3) is 0 Å². The zero-order valence-corrected chi connectivity index (χ0v) is 12.5. The monoisotopic (exact) mass is 303 g/mol. The minimum absolute atomic E-state index is 0.172. The first-order chi connectivity index (χ1) is 10.6. The van der Waals surface area contributed by atoms with E-state index in [4.69, 9.17) is 4.74 Å². The molecule has 0 aromatic heterocycles. The van der Waals surface area contributed by atoms with E-state index >= 15 is 0 Å². The predicted octanol–water partition coefficient (Wildman–Crippen LogP) is 3.82. The number of hydrogen-bond donors (Lipinski definition) is 1. The highest BCUT2D eigenvalue weighted by Crippen LogP contribution is 2.29. The molecule has 0 saturated carbocycles. The van der Waals surface area contributed by atoms with Crippen LogP contribution in [0.15, 0.2) is 36.4 Å². The van der Waals surface area contributed by atoms with Gasteiger partial charge in [-0.05, 0) is 66.4 Å². The molecule has 0 aliphatic carbocycles. The molecular weight excluding hydrogens is 284 g/mol. The summed E-state index contributed by atoms with van der Waals surface area (Å²) in [6, 6.07) is 9.32. The Morgan fingerprint density at radius 2 is 1.82 bits per heavy atom. The molecule has 4 heteroatoms. The molecule has 1 atom stereocenters. The maximum atomic E-state index is 13.6. The van der Waals surface area contributed by atoms with Gasteiger partial charge < -0.3 is 10.1 Å². The summed E-state index contributed by atoms with van der Waals surface area (Å²) in [5.41, 5.74) is 3.42. The topological polar surface area (TPSA) is 21.3 Å². The van der Waals surface area contributed by atoms with Crippen molar-refractivity contribution in [2.24, 2.45) is 0 Å². The van der Waals surface area contributed by atoms with Crippen LogP contribution in [0, 0.1) is 18.6 Å². The third kappa shape index (κ3) is 3.34. The Bertz CT molecular complexity index is 666. The lowest BCUT2D eigenvalue weighted by Gasteiger charge is -2.15. The Kier molecular flexibility index (Phi) is 4.50. The summed E-state index contributed by atoms with van der Waals surface area (Å²) >= 11 is 0. The predicted molar refractivity (Wildman–Crippen MR) is 82.6 cm³/mol. The van der Waals surface area contributed by atoms with Crippen molar-refractivity contribution in [2.45, 2.75) is 26.1 Å². The molecule has 0 bridgehead atoms. The Labute approximate surface area is 129 Å². The largest absolute Gasteiger partial charge is 0.372 e. The molecule has 2 nitrogen and oxygen atoms in total. The van der Waals surface area contributed by atoms with Crippen molar-refractivity contribution < 1.29 is 13.5 Å². The van der Waals surface area contributed by atoms with Crippen LogP contribution in [0.2, 0.25) is 0 Å². The highest BCUT2D eigenvalue weighted by molar-refractivity contribution is 5.70. The van der Waals surface area contributed by atoms with Crippen molar-refractivity contribution in [3.8, 4) is 11.1 Å². The quantitative estimate of drug-likeness (QED) is 0.927. The average molecular weight is 303 g/mol. The van der Waals surface area contributed by atoms with E-state index in [1.807, 2.05) is 6.92 Å². The van der Waals surface area contributed by atoms with E-state index in [2.05, 4.69) is 5.32 Å². The summed E-state index contributed by atoms with van der Waals surface area (Å²) in [4.78, 5) is 0. The molecular formula is C18H19F2NO. The second kappa shape index (κ2) is 6.55. The van der Waals surface area contributed by atoms with Gasteiger partial charge in [0.05, 0.1) is 12.7 Å². The van der Waals surface area contributed by atoms with Gasteiger partial charge in [-0.25, -0.2) is 8.78 Å². The fraction of sp³-hybridized carbons (Fsp3) is 0.333. The fourth-order valence-corrected chi connectivity index (χ4v) is 2.85. The number of nitrogens with one attached hydrogen (secondary N) is 1. The van der Waals surface area contributed by atoms with E-state index in [-0.39, 0.29) is 17.7 Å². The molecule has 22 heavy (non-hydrogen) atoms. The van der Waals surface area contributed by atoms with Gasteiger partial charge in [-0.2, -0.15) is 0 Å². The lowest BCUT2D eigenvalue weighted by atomic mass is 9.96. The van der Waals surface area contributed by atoms with Crippen molar-refractivity contribution in [3.05, 3.63) is 59.2 Å². The zero-order valence-electron chi connectivity index (χ0n) is 12.5. The third-order valence-corrected chi connectivity index (χ3v) is 4.04. The van der Waals surface area contributed by atoms with Crippen molar-refractivity contribution in [1.82, 2.24) is 5.32 Å². The number of ether oxygens (including phenoxy) is 1. The van der Waals surface area contributed by atoms with E-state index in [0.717, 1.165) is 41.8 Å². The van der Waals surface area contributed by atoms with Crippen LogP contribution in [0.5, 0.6) is 0 Å². The van der Waals surface area contributed by atoms with Gasteiger partial charge in [-0.1, -0.05) is 12.1 Å². The maximum absolute atomic E-state index is 13.6. The number of rotatable bonds is 4. The second-order valence-electron chi connectivity index (χ2n) is 5.69. The smallest absolute Gasteiger partial charge is 0.123 e. The molecule has 1 saturated heterocycles. The summed E-state index contributed by atoms with van der Waals surface area (Å²) in [5.74, 6) is -0.551. The van der Waals surface area contributed by atoms with Crippen molar-refractivity contribution >= 4 is 0 Å². The van der Waals surface area contributed by atoms with E-state index in [0.29, 0.717) is 6.61 Å². The van der Waals surface area contributed by atoms with Gasteiger partial charge in [0, 0.05) is 6.54 Å². The van der Waals surface area contributed by atoms with Crippen LogP contribution >= 0.6 is 0 Å². The Morgan fingerprint density at radius 1 is 1.09 bits per heavy atom. The SMILES string of the molecule is Cc1cc(F)ccc1-c1ccc(F)cc1CO[C@H]1CCNC1. The molecule has 1 aliphatic heterocycles. The Balaban J connectivity index is 1.89. The first-order valence-electron chi connectivity index (χ1n) is 7.51. The Hall–Kier alpha value is -1.78. The fourth-order valence-electron chi connectivity index (χ4n) is 2.85. The summed E-state index contributed by atoms with van der Waals surface area (Å²) in [6.07, 6.45) is 1.14. The van der Waals surface area contributed by atoms with Gasteiger partial charge in [-0.15, -0.1) is 0 Å². The third-order valence-electron chi connectivity index (χ3n) is 4.04. The molecule has 1 N–H and O–H groups in total. The molecule has 2 aromatic carbocycles. The van der Waals surface area contributed by atoms with Crippen molar-refractivity contribution in [2.75, 3.05) is 13.1 Å². The van der Waals surface area contributed by atoms with Crippen LogP contribution in [-0.2, 0) is 11.3 Å². The summed E-state index contributed by atoms with van der Waals surface area (Å²) in [7, 11) is 0. The molecule has 0 amide bonds. The lowest BCUT2D eigenvalue weighted by Crippen LogP contribution is -2.16. The molecule has 0 spiro atoms. The van der Waals surface area contributed by atoms with Gasteiger partial charge in [-0.3, -0.25) is 0 Å². The molecule has 2 aromatic rings. The highest BCUT2D eigenvalue weighted by atomic mass is 19.1. The van der Waals surface area contributed by atoms with Crippen LogP contribution in [0.4, 0.5) is 8.78 Å². The summed E-state index contributed by atoms with van der Waals surface area (Å²) in [5, 5.41) is 3.24. The summed E-state index contributed by atoms with van der Waals surface area (Å²) < 4.78 is 32.8. The minimum Gasteiger partial charge on any atom is -0.372 e. The van der Waals surface area contributed by atoms with E-state index < -0.39 is 0 Å². The second-order valence-corrected chi connectivity index (χ2v) is 5.69. The molecule has 1 fully saturated rings. The van der Waals surface area contributed by atoms with E-state index in [1.54, 1.807) is 12.1 Å². The zero-order chi connectivity index (χ0) is 15.5. The number of benzene rings is 2. The minimum atomic E-state index is -0.285. The van der Waals surface area contributed by atoms with E-state index in [1.165, 1.54) is 24.3 Å². The molecule has 116 valence electrons. The van der Waals surface area contributed by atoms with Gasteiger partial charge >= 0.3 is 0 Å². The van der Waals surface area contributed by atoms with Gasteiger partial charge in [0.2, 0.25) is 0 Å². The number of halogens is 2. The number of hydrogen-bond acceptors (Lipinski definition) is 2. The molecule has 1 heterocycles. The van der Waals surface area contributed by atoms with Crippen LogP contribution in [0.3, 0.4) is 0 Å². The van der Waals surface area contributed by atoms with E-state index in [9.17, 15) is 8.78 Å². The first kappa shape index (κ1) is 15.1. The summed E-state index contributed by atoms with van der Waals surface area (Å²) in [6.45, 7) is 4.00.